The van der Waals surface area contributed by atoms with E-state index in [0.717, 1.165) is 0 Å². The van der Waals surface area contributed by atoms with Crippen molar-refractivity contribution in [3.63, 3.8) is 0 Å². The molecule has 0 unspecified atom stereocenters. The molecule has 0 saturated carbocycles. The summed E-state index contributed by atoms with van der Waals surface area (Å²) in [6.45, 7) is -0.300. The van der Waals surface area contributed by atoms with Crippen LogP contribution in [0.5, 0.6) is 0 Å². The topological polar surface area (TPSA) is 125 Å². The number of H-pyrrole nitrogens is 1. The second-order valence-corrected chi connectivity index (χ2v) is 4.59. The number of nitrogens with one attached hydrogen (secondary N) is 2. The molecule has 0 bridgehead atoms. The van der Waals surface area contributed by atoms with Crippen LogP contribution in [-0.2, 0) is 4.74 Å². The fourth-order valence-corrected chi connectivity index (χ4v) is 2.43. The lowest BCUT2D eigenvalue weighted by Gasteiger charge is -2.12. The van der Waals surface area contributed by atoms with Crippen LogP contribution in [0.15, 0.2) is 11.1 Å². The first-order chi connectivity index (χ1) is 9.65. The molecule has 1 aliphatic heterocycles. The number of hydrogen-bond acceptors (Lipinski definition) is 7. The first kappa shape index (κ1) is 13.0. The number of anilines is 1. The van der Waals surface area contributed by atoms with Crippen LogP contribution >= 0.6 is 0 Å². The molecule has 3 atom stereocenters. The monoisotopic (exact) mass is 281 g/mol. The highest BCUT2D eigenvalue weighted by atomic mass is 16.5. The number of aromatic nitrogens is 4. The molecule has 2 aromatic rings. The highest BCUT2D eigenvalue weighted by Gasteiger charge is 2.36. The molecule has 0 radical (unpaired) electrons. The molecule has 1 aliphatic rings. The van der Waals surface area contributed by atoms with Crippen LogP contribution in [-0.4, -0.2) is 55.6 Å². The highest BCUT2D eigenvalue weighted by Crippen LogP contribution is 2.29. The molecule has 20 heavy (non-hydrogen) atoms. The Balaban J connectivity index is 2.09. The van der Waals surface area contributed by atoms with Gasteiger partial charge < -0.3 is 25.3 Å². The Hall–Kier alpha value is -1.97. The molecule has 9 heteroatoms. The third kappa shape index (κ3) is 1.87. The highest BCUT2D eigenvalue weighted by molar-refractivity contribution is 5.82. The average Bonchev–Trinajstić information content (AvgIpc) is 2.97. The van der Waals surface area contributed by atoms with E-state index >= 15 is 0 Å². The van der Waals surface area contributed by atoms with Crippen LogP contribution in [0.1, 0.15) is 12.6 Å². The summed E-state index contributed by atoms with van der Waals surface area (Å²) < 4.78 is 6.82. The van der Waals surface area contributed by atoms with Crippen molar-refractivity contribution < 1.29 is 14.9 Å². The molecule has 3 rings (SSSR count). The van der Waals surface area contributed by atoms with Gasteiger partial charge in [-0.1, -0.05) is 0 Å². The van der Waals surface area contributed by atoms with E-state index in [1.54, 1.807) is 7.05 Å². The van der Waals surface area contributed by atoms with Gasteiger partial charge in [-0.25, -0.2) is 19.3 Å². The Labute approximate surface area is 113 Å². The van der Waals surface area contributed by atoms with Crippen LogP contribution in [0.4, 0.5) is 5.82 Å². The molecule has 0 aliphatic carbocycles. The van der Waals surface area contributed by atoms with Crippen molar-refractivity contribution >= 4 is 17.0 Å². The SMILES string of the molecule is CNc1ncnc2c1[nH]c(=O)n2[C@H]1C[C@@H](O)[C@H](CO)O1. The number of ether oxygens (including phenoxy) is 1. The van der Waals surface area contributed by atoms with Crippen molar-refractivity contribution in [2.75, 3.05) is 19.0 Å². The Morgan fingerprint density at radius 3 is 3.05 bits per heavy atom. The van der Waals surface area contributed by atoms with E-state index in [1.807, 2.05) is 0 Å². The number of nitrogens with zero attached hydrogens (tertiary/aromatic N) is 3. The summed E-state index contributed by atoms with van der Waals surface area (Å²) in [5.74, 6) is 0.503. The number of aromatic amines is 1. The number of rotatable bonds is 3. The van der Waals surface area contributed by atoms with Gasteiger partial charge in [-0.3, -0.25) is 0 Å². The van der Waals surface area contributed by atoms with Crippen molar-refractivity contribution in [2.24, 2.45) is 0 Å². The van der Waals surface area contributed by atoms with Gasteiger partial charge in [0.1, 0.15) is 24.2 Å². The molecule has 1 saturated heterocycles. The minimum absolute atomic E-state index is 0.219. The Bertz CT molecular complexity index is 681. The zero-order valence-electron chi connectivity index (χ0n) is 10.8. The molecule has 4 N–H and O–H groups in total. The molecular formula is C11H15N5O4. The van der Waals surface area contributed by atoms with Crippen LogP contribution in [0.2, 0.25) is 0 Å². The van der Waals surface area contributed by atoms with Crippen LogP contribution in [0, 0.1) is 0 Å². The predicted octanol–water partition coefficient (Wildman–Crippen LogP) is -1.20. The smallest absolute Gasteiger partial charge is 0.329 e. The Morgan fingerprint density at radius 2 is 2.40 bits per heavy atom. The third-order valence-electron chi connectivity index (χ3n) is 3.42. The maximum absolute atomic E-state index is 12.1. The van der Waals surface area contributed by atoms with Crippen LogP contribution in [0.25, 0.3) is 11.2 Å². The van der Waals surface area contributed by atoms with E-state index in [1.165, 1.54) is 10.9 Å². The molecule has 0 aromatic carbocycles. The average molecular weight is 281 g/mol. The van der Waals surface area contributed by atoms with Gasteiger partial charge in [0.25, 0.3) is 0 Å². The van der Waals surface area contributed by atoms with Crippen molar-refractivity contribution in [3.05, 3.63) is 16.8 Å². The van der Waals surface area contributed by atoms with Gasteiger partial charge in [0.15, 0.2) is 11.5 Å². The van der Waals surface area contributed by atoms with Crippen LogP contribution in [0.3, 0.4) is 0 Å². The molecule has 0 amide bonds. The summed E-state index contributed by atoms with van der Waals surface area (Å²) in [6, 6.07) is 0. The van der Waals surface area contributed by atoms with Gasteiger partial charge in [0, 0.05) is 13.5 Å². The second kappa shape index (κ2) is 4.85. The van der Waals surface area contributed by atoms with Gasteiger partial charge in [0.2, 0.25) is 0 Å². The van der Waals surface area contributed by atoms with Crippen LogP contribution < -0.4 is 11.0 Å². The summed E-state index contributed by atoms with van der Waals surface area (Å²) in [4.78, 5) is 22.9. The van der Waals surface area contributed by atoms with Crippen molar-refractivity contribution in [2.45, 2.75) is 24.9 Å². The molecule has 108 valence electrons. The lowest BCUT2D eigenvalue weighted by atomic mass is 10.2. The summed E-state index contributed by atoms with van der Waals surface area (Å²) in [5.41, 5.74) is 0.475. The lowest BCUT2D eigenvalue weighted by molar-refractivity contribution is -0.0441. The zero-order valence-corrected chi connectivity index (χ0v) is 10.8. The first-order valence-electron chi connectivity index (χ1n) is 6.23. The maximum atomic E-state index is 12.1. The molecule has 0 spiro atoms. The Morgan fingerprint density at radius 1 is 1.60 bits per heavy atom. The number of fused-ring (bicyclic) bond motifs is 1. The number of hydrogen-bond donors (Lipinski definition) is 4. The quantitative estimate of drug-likeness (QED) is 0.557. The van der Waals surface area contributed by atoms with Gasteiger partial charge in [-0.15, -0.1) is 0 Å². The number of aliphatic hydroxyl groups excluding tert-OH is 2. The van der Waals surface area contributed by atoms with Gasteiger partial charge in [-0.2, -0.15) is 0 Å². The summed E-state index contributed by atoms with van der Waals surface area (Å²) in [5, 5.41) is 21.7. The fraction of sp³-hybridized carbons (Fsp3) is 0.545. The second-order valence-electron chi connectivity index (χ2n) is 4.59. The predicted molar refractivity (Wildman–Crippen MR) is 69.3 cm³/mol. The molecule has 3 heterocycles. The summed E-state index contributed by atoms with van der Waals surface area (Å²) in [6.07, 6.45) is -0.609. The molecule has 1 fully saturated rings. The first-order valence-corrected chi connectivity index (χ1v) is 6.23. The van der Waals surface area contributed by atoms with E-state index in [2.05, 4.69) is 20.3 Å². The van der Waals surface area contributed by atoms with Gasteiger partial charge >= 0.3 is 5.69 Å². The largest absolute Gasteiger partial charge is 0.394 e. The zero-order chi connectivity index (χ0) is 14.3. The summed E-state index contributed by atoms with van der Waals surface area (Å²) in [7, 11) is 1.69. The normalized spacial score (nSPS) is 26.2. The lowest BCUT2D eigenvalue weighted by Crippen LogP contribution is -2.25. The van der Waals surface area contributed by atoms with Gasteiger partial charge in [-0.05, 0) is 0 Å². The number of aliphatic hydroxyl groups is 2. The van der Waals surface area contributed by atoms with Crippen molar-refractivity contribution in [1.82, 2.24) is 19.5 Å². The minimum atomic E-state index is -0.813. The van der Waals surface area contributed by atoms with E-state index in [4.69, 9.17) is 9.84 Å². The van der Waals surface area contributed by atoms with E-state index in [0.29, 0.717) is 17.0 Å². The van der Waals surface area contributed by atoms with E-state index in [9.17, 15) is 9.90 Å². The molecule has 2 aromatic heterocycles. The van der Waals surface area contributed by atoms with E-state index in [-0.39, 0.29) is 13.0 Å². The third-order valence-corrected chi connectivity index (χ3v) is 3.42. The van der Waals surface area contributed by atoms with Gasteiger partial charge in [0.05, 0.1) is 12.7 Å². The minimum Gasteiger partial charge on any atom is -0.394 e. The standard InChI is InChI=1S/C11H15N5O4/c1-12-9-8-10(14-4-13-9)16(11(19)15-8)7-2-5(18)6(3-17)20-7/h4-7,17-18H,2-3H2,1H3,(H,15,19)(H,12,13,14)/t5-,6+,7-/m1/s1. The van der Waals surface area contributed by atoms with Crippen molar-refractivity contribution in [1.29, 1.82) is 0 Å². The Kier molecular flexibility index (Phi) is 3.16. The fourth-order valence-electron chi connectivity index (χ4n) is 2.43. The number of imidazole rings is 1. The summed E-state index contributed by atoms with van der Waals surface area (Å²) >= 11 is 0. The van der Waals surface area contributed by atoms with E-state index < -0.39 is 24.1 Å². The maximum Gasteiger partial charge on any atom is 0.329 e. The molecular weight excluding hydrogens is 266 g/mol. The van der Waals surface area contributed by atoms with Crippen molar-refractivity contribution in [3.8, 4) is 0 Å². The molecule has 9 nitrogen and oxygen atoms in total.